The molecule has 2 aromatic rings. The lowest BCUT2D eigenvalue weighted by Crippen LogP contribution is -2.47. The second-order valence-corrected chi connectivity index (χ2v) is 6.70. The van der Waals surface area contributed by atoms with Crippen molar-refractivity contribution in [2.24, 2.45) is 5.10 Å². The molecule has 1 aromatic carbocycles. The Morgan fingerprint density at radius 3 is 3.00 bits per heavy atom. The Labute approximate surface area is 142 Å². The van der Waals surface area contributed by atoms with Crippen molar-refractivity contribution in [1.29, 1.82) is 0 Å². The third-order valence-corrected chi connectivity index (χ3v) is 5.13. The van der Waals surface area contributed by atoms with E-state index in [0.717, 1.165) is 30.6 Å². The summed E-state index contributed by atoms with van der Waals surface area (Å²) in [6.07, 6.45) is 1.81. The summed E-state index contributed by atoms with van der Waals surface area (Å²) in [6, 6.07) is 2.43. The van der Waals surface area contributed by atoms with E-state index in [1.54, 1.807) is 4.90 Å². The zero-order chi connectivity index (χ0) is 17.1. The Bertz CT molecular complexity index is 958. The van der Waals surface area contributed by atoms with Crippen molar-refractivity contribution >= 4 is 28.4 Å². The Morgan fingerprint density at radius 2 is 2.20 bits per heavy atom. The molecule has 7 nitrogen and oxygen atoms in total. The summed E-state index contributed by atoms with van der Waals surface area (Å²) in [6.45, 7) is 1.57. The molecule has 0 unspecified atom stereocenters. The van der Waals surface area contributed by atoms with Crippen LogP contribution in [-0.4, -0.2) is 46.5 Å². The molecule has 1 atom stereocenters. The zero-order valence-corrected chi connectivity index (χ0v) is 13.4. The molecule has 4 heterocycles. The van der Waals surface area contributed by atoms with Crippen LogP contribution in [0.15, 0.2) is 17.2 Å². The van der Waals surface area contributed by atoms with E-state index >= 15 is 0 Å². The number of hydrogen-bond donors (Lipinski definition) is 3. The third-order valence-electron chi connectivity index (χ3n) is 5.13. The van der Waals surface area contributed by atoms with Gasteiger partial charge < -0.3 is 15.2 Å². The number of aromatic nitrogens is 1. The average molecular weight is 341 g/mol. The highest BCUT2D eigenvalue weighted by atomic mass is 19.1. The van der Waals surface area contributed by atoms with Gasteiger partial charge in [0.2, 0.25) is 5.91 Å². The lowest BCUT2D eigenvalue weighted by Gasteiger charge is -2.30. The topological polar surface area (TPSA) is 89.6 Å². The molecule has 3 aliphatic heterocycles. The molecule has 3 N–H and O–H groups in total. The smallest absolute Gasteiger partial charge is 0.272 e. The standard InChI is InChI=1S/C17H16FN5O2/c18-8-4-9-14-11(5-8)20-12-6-23(17(25)10-2-1-3-19-10)7-13(15(12)14)21-22-16(9)24/h4-5,10,19-20H,1-3,6-7H2,(H,22,24)/t10-/m0/s1. The van der Waals surface area contributed by atoms with Gasteiger partial charge in [0.05, 0.1) is 35.9 Å². The van der Waals surface area contributed by atoms with E-state index in [1.165, 1.54) is 12.1 Å². The predicted octanol–water partition coefficient (Wildman–Crippen LogP) is 0.849. The number of benzene rings is 1. The Balaban J connectivity index is 1.63. The Morgan fingerprint density at radius 1 is 1.32 bits per heavy atom. The summed E-state index contributed by atoms with van der Waals surface area (Å²) in [5.74, 6) is -0.891. The third kappa shape index (κ3) is 2.10. The average Bonchev–Trinajstić information content (AvgIpc) is 3.21. The summed E-state index contributed by atoms with van der Waals surface area (Å²) in [5, 5.41) is 8.09. The van der Waals surface area contributed by atoms with Crippen molar-refractivity contribution in [3.63, 3.8) is 0 Å². The maximum atomic E-state index is 13.9. The van der Waals surface area contributed by atoms with Gasteiger partial charge in [-0.15, -0.1) is 0 Å². The molecule has 1 aromatic heterocycles. The molecular formula is C17H16FN5O2. The first-order valence-corrected chi connectivity index (χ1v) is 8.35. The molecule has 0 spiro atoms. The van der Waals surface area contributed by atoms with Gasteiger partial charge in [0.1, 0.15) is 5.82 Å². The lowest BCUT2D eigenvalue weighted by molar-refractivity contribution is -0.133. The van der Waals surface area contributed by atoms with Crippen LogP contribution in [0.5, 0.6) is 0 Å². The molecule has 5 rings (SSSR count). The number of amides is 2. The second-order valence-electron chi connectivity index (χ2n) is 6.70. The largest absolute Gasteiger partial charge is 0.356 e. The van der Waals surface area contributed by atoms with Crippen molar-refractivity contribution in [3.8, 4) is 0 Å². The van der Waals surface area contributed by atoms with Crippen LogP contribution in [0.2, 0.25) is 0 Å². The molecule has 0 saturated carbocycles. The minimum absolute atomic E-state index is 0.0338. The number of H-pyrrole nitrogens is 1. The van der Waals surface area contributed by atoms with E-state index < -0.39 is 11.7 Å². The monoisotopic (exact) mass is 341 g/mol. The summed E-state index contributed by atoms with van der Waals surface area (Å²) >= 11 is 0. The first kappa shape index (κ1) is 14.6. The van der Waals surface area contributed by atoms with Crippen molar-refractivity contribution in [1.82, 2.24) is 20.6 Å². The minimum Gasteiger partial charge on any atom is -0.356 e. The van der Waals surface area contributed by atoms with E-state index in [-0.39, 0.29) is 17.5 Å². The number of carbonyl (C=O) groups is 2. The molecule has 1 saturated heterocycles. The van der Waals surface area contributed by atoms with Gasteiger partial charge in [0, 0.05) is 16.6 Å². The van der Waals surface area contributed by atoms with E-state index in [2.05, 4.69) is 20.8 Å². The number of halogens is 1. The molecule has 128 valence electrons. The predicted molar refractivity (Wildman–Crippen MR) is 88.7 cm³/mol. The fourth-order valence-corrected chi connectivity index (χ4v) is 4.01. The van der Waals surface area contributed by atoms with Gasteiger partial charge in [-0.1, -0.05) is 0 Å². The van der Waals surface area contributed by atoms with E-state index in [4.69, 9.17) is 0 Å². The summed E-state index contributed by atoms with van der Waals surface area (Å²) in [7, 11) is 0. The number of carbonyl (C=O) groups excluding carboxylic acids is 2. The van der Waals surface area contributed by atoms with Gasteiger partial charge in [0.15, 0.2) is 0 Å². The summed E-state index contributed by atoms with van der Waals surface area (Å²) in [4.78, 5) is 29.9. The second kappa shape index (κ2) is 5.13. The SMILES string of the molecule is O=C1NN=C2CN(C(=O)[C@@H]3CCCN3)Cc3[nH]c4cc(F)cc1c4c32. The van der Waals surface area contributed by atoms with Crippen LogP contribution >= 0.6 is 0 Å². The number of hydrazone groups is 1. The van der Waals surface area contributed by atoms with Gasteiger partial charge in [-0.25, -0.2) is 9.82 Å². The molecule has 8 heteroatoms. The Kier molecular flexibility index (Phi) is 2.99. The summed E-state index contributed by atoms with van der Waals surface area (Å²) in [5.41, 5.74) is 5.51. The van der Waals surface area contributed by atoms with Gasteiger partial charge in [-0.2, -0.15) is 5.10 Å². The highest BCUT2D eigenvalue weighted by Crippen LogP contribution is 2.33. The molecule has 0 aliphatic carbocycles. The molecule has 25 heavy (non-hydrogen) atoms. The van der Waals surface area contributed by atoms with Crippen LogP contribution in [0.4, 0.5) is 4.39 Å². The number of rotatable bonds is 1. The van der Waals surface area contributed by atoms with Crippen LogP contribution in [0.25, 0.3) is 10.9 Å². The minimum atomic E-state index is -0.484. The van der Waals surface area contributed by atoms with Crippen LogP contribution in [-0.2, 0) is 11.3 Å². The fraction of sp³-hybridized carbons (Fsp3) is 0.353. The van der Waals surface area contributed by atoms with Gasteiger partial charge >= 0.3 is 0 Å². The zero-order valence-electron chi connectivity index (χ0n) is 13.4. The number of aromatic amines is 1. The lowest BCUT2D eigenvalue weighted by atomic mass is 9.97. The van der Waals surface area contributed by atoms with Crippen molar-refractivity contribution in [2.75, 3.05) is 13.1 Å². The molecular weight excluding hydrogens is 325 g/mol. The normalized spacial score (nSPS) is 22.0. The molecule has 0 bridgehead atoms. The van der Waals surface area contributed by atoms with Crippen molar-refractivity contribution in [2.45, 2.75) is 25.4 Å². The van der Waals surface area contributed by atoms with Crippen LogP contribution in [0.3, 0.4) is 0 Å². The highest BCUT2D eigenvalue weighted by molar-refractivity contribution is 6.21. The van der Waals surface area contributed by atoms with Crippen molar-refractivity contribution in [3.05, 3.63) is 34.8 Å². The van der Waals surface area contributed by atoms with Crippen LogP contribution < -0.4 is 10.7 Å². The maximum Gasteiger partial charge on any atom is 0.272 e. The first-order valence-electron chi connectivity index (χ1n) is 8.35. The number of nitrogens with one attached hydrogen (secondary N) is 3. The van der Waals surface area contributed by atoms with E-state index in [9.17, 15) is 14.0 Å². The van der Waals surface area contributed by atoms with Crippen molar-refractivity contribution < 1.29 is 14.0 Å². The quantitative estimate of drug-likeness (QED) is 0.718. The van der Waals surface area contributed by atoms with Crippen LogP contribution in [0.1, 0.15) is 34.5 Å². The van der Waals surface area contributed by atoms with E-state index in [0.29, 0.717) is 29.7 Å². The number of nitrogens with zero attached hydrogens (tertiary/aromatic N) is 2. The Hall–Kier alpha value is -2.74. The first-order chi connectivity index (χ1) is 12.1. The van der Waals surface area contributed by atoms with Gasteiger partial charge in [0.25, 0.3) is 5.91 Å². The molecule has 3 aliphatic rings. The fourth-order valence-electron chi connectivity index (χ4n) is 4.01. The highest BCUT2D eigenvalue weighted by Gasteiger charge is 2.35. The van der Waals surface area contributed by atoms with Crippen LogP contribution in [0, 0.1) is 5.82 Å². The molecule has 0 radical (unpaired) electrons. The van der Waals surface area contributed by atoms with Gasteiger partial charge in [-0.3, -0.25) is 9.59 Å². The van der Waals surface area contributed by atoms with E-state index in [1.807, 2.05) is 0 Å². The maximum absolute atomic E-state index is 13.9. The summed E-state index contributed by atoms with van der Waals surface area (Å²) < 4.78 is 13.9. The molecule has 1 fully saturated rings. The van der Waals surface area contributed by atoms with Gasteiger partial charge in [-0.05, 0) is 31.5 Å². The number of hydrogen-bond acceptors (Lipinski definition) is 4. The molecule has 2 amide bonds.